The second kappa shape index (κ2) is 8.11. The van der Waals surface area contributed by atoms with Crippen LogP contribution in [0, 0.1) is 0 Å². The Labute approximate surface area is 129 Å². The predicted octanol–water partition coefficient (Wildman–Crippen LogP) is 1.09. The first kappa shape index (κ1) is 16.7. The first-order chi connectivity index (χ1) is 10.1. The van der Waals surface area contributed by atoms with Crippen molar-refractivity contribution in [3.05, 3.63) is 0 Å². The summed E-state index contributed by atoms with van der Waals surface area (Å²) in [6.45, 7) is 11.8. The molecule has 2 rings (SSSR count). The summed E-state index contributed by atoms with van der Waals surface area (Å²) in [4.78, 5) is 16.8. The molecular weight excluding hydrogens is 266 g/mol. The van der Waals surface area contributed by atoms with Crippen LogP contribution in [0.1, 0.15) is 40.0 Å². The van der Waals surface area contributed by atoms with Gasteiger partial charge in [-0.2, -0.15) is 0 Å². The number of amides is 1. The van der Waals surface area contributed by atoms with E-state index in [1.54, 1.807) is 0 Å². The van der Waals surface area contributed by atoms with Crippen molar-refractivity contribution < 1.29 is 9.53 Å². The van der Waals surface area contributed by atoms with Crippen molar-refractivity contribution >= 4 is 5.91 Å². The van der Waals surface area contributed by atoms with Crippen LogP contribution in [0.25, 0.3) is 0 Å². The van der Waals surface area contributed by atoms with E-state index in [4.69, 9.17) is 4.74 Å². The van der Waals surface area contributed by atoms with Crippen molar-refractivity contribution in [3.8, 4) is 0 Å². The second-order valence-electron chi connectivity index (χ2n) is 6.60. The number of carbonyl (C=O) groups is 1. The quantitative estimate of drug-likeness (QED) is 0.825. The normalized spacial score (nSPS) is 26.1. The van der Waals surface area contributed by atoms with E-state index in [1.807, 2.05) is 11.8 Å². The summed E-state index contributed by atoms with van der Waals surface area (Å²) >= 11 is 0. The second-order valence-corrected chi connectivity index (χ2v) is 6.60. The minimum absolute atomic E-state index is 0.110. The van der Waals surface area contributed by atoms with Crippen molar-refractivity contribution in [3.63, 3.8) is 0 Å². The Hall–Kier alpha value is -0.650. The van der Waals surface area contributed by atoms with Crippen molar-refractivity contribution in [2.24, 2.45) is 0 Å². The van der Waals surface area contributed by atoms with Crippen molar-refractivity contribution in [2.45, 2.75) is 58.2 Å². The molecule has 2 atom stereocenters. The number of carbonyl (C=O) groups excluding carboxylic acids is 1. The largest absolute Gasteiger partial charge is 0.374 e. The van der Waals surface area contributed by atoms with Gasteiger partial charge in [-0.1, -0.05) is 0 Å². The number of hydrogen-bond acceptors (Lipinski definition) is 4. The van der Waals surface area contributed by atoms with Gasteiger partial charge in [0.05, 0.1) is 18.8 Å². The summed E-state index contributed by atoms with van der Waals surface area (Å²) in [6, 6.07) is 0.449. The summed E-state index contributed by atoms with van der Waals surface area (Å²) in [5.41, 5.74) is 0. The molecule has 0 aromatic rings. The molecule has 0 radical (unpaired) electrons. The molecule has 0 saturated carbocycles. The molecule has 21 heavy (non-hydrogen) atoms. The minimum atomic E-state index is -0.110. The van der Waals surface area contributed by atoms with Crippen LogP contribution in [0.3, 0.4) is 0 Å². The van der Waals surface area contributed by atoms with Gasteiger partial charge in [0.15, 0.2) is 0 Å². The maximum atomic E-state index is 12.4. The van der Waals surface area contributed by atoms with Crippen LogP contribution in [0.5, 0.6) is 0 Å². The SMILES string of the molecule is CC(NCC1CN(C(C)C)CCO1)C(=O)N1CCCCC1. The molecule has 5 heteroatoms. The molecule has 1 amide bonds. The maximum absolute atomic E-state index is 12.4. The molecular formula is C16H31N3O2. The third kappa shape index (κ3) is 4.94. The number of nitrogens with zero attached hydrogens (tertiary/aromatic N) is 2. The topological polar surface area (TPSA) is 44.8 Å². The van der Waals surface area contributed by atoms with Gasteiger partial charge in [-0.25, -0.2) is 0 Å². The van der Waals surface area contributed by atoms with E-state index < -0.39 is 0 Å². The predicted molar refractivity (Wildman–Crippen MR) is 84.3 cm³/mol. The van der Waals surface area contributed by atoms with E-state index in [9.17, 15) is 4.79 Å². The number of morpholine rings is 1. The van der Waals surface area contributed by atoms with E-state index in [-0.39, 0.29) is 18.1 Å². The van der Waals surface area contributed by atoms with Gasteiger partial charge in [-0.15, -0.1) is 0 Å². The molecule has 2 heterocycles. The highest BCUT2D eigenvalue weighted by atomic mass is 16.5. The highest BCUT2D eigenvalue weighted by Gasteiger charge is 2.25. The molecule has 2 fully saturated rings. The Morgan fingerprint density at radius 2 is 1.90 bits per heavy atom. The Morgan fingerprint density at radius 3 is 2.57 bits per heavy atom. The van der Waals surface area contributed by atoms with Crippen LogP contribution >= 0.6 is 0 Å². The molecule has 0 bridgehead atoms. The van der Waals surface area contributed by atoms with E-state index >= 15 is 0 Å². The van der Waals surface area contributed by atoms with Crippen LogP contribution in [-0.4, -0.2) is 73.2 Å². The number of hydrogen-bond donors (Lipinski definition) is 1. The van der Waals surface area contributed by atoms with Gasteiger partial charge in [-0.3, -0.25) is 9.69 Å². The van der Waals surface area contributed by atoms with Crippen LogP contribution in [-0.2, 0) is 9.53 Å². The van der Waals surface area contributed by atoms with Gasteiger partial charge < -0.3 is 15.0 Å². The molecule has 2 aliphatic heterocycles. The molecule has 0 aromatic carbocycles. The zero-order valence-electron chi connectivity index (χ0n) is 13.8. The Kier molecular flexibility index (Phi) is 6.45. The average Bonchev–Trinajstić information content (AvgIpc) is 2.53. The molecule has 0 aromatic heterocycles. The number of ether oxygens (including phenoxy) is 1. The Morgan fingerprint density at radius 1 is 1.19 bits per heavy atom. The number of rotatable bonds is 5. The summed E-state index contributed by atoms with van der Waals surface area (Å²) in [5.74, 6) is 0.242. The lowest BCUT2D eigenvalue weighted by Gasteiger charge is -2.36. The summed E-state index contributed by atoms with van der Waals surface area (Å²) in [6.07, 6.45) is 3.74. The lowest BCUT2D eigenvalue weighted by Crippen LogP contribution is -2.52. The van der Waals surface area contributed by atoms with Crippen molar-refractivity contribution in [2.75, 3.05) is 39.3 Å². The van der Waals surface area contributed by atoms with Crippen LogP contribution in [0.2, 0.25) is 0 Å². The van der Waals surface area contributed by atoms with Gasteiger partial charge in [0.2, 0.25) is 5.91 Å². The number of nitrogens with one attached hydrogen (secondary N) is 1. The third-order valence-electron chi connectivity index (χ3n) is 4.59. The Bertz CT molecular complexity index is 329. The molecule has 122 valence electrons. The fourth-order valence-electron chi connectivity index (χ4n) is 3.12. The first-order valence-electron chi connectivity index (χ1n) is 8.45. The molecule has 1 N–H and O–H groups in total. The fraction of sp³-hybridized carbons (Fsp3) is 0.938. The van der Waals surface area contributed by atoms with Gasteiger partial charge in [-0.05, 0) is 40.0 Å². The van der Waals surface area contributed by atoms with E-state index in [1.165, 1.54) is 6.42 Å². The van der Waals surface area contributed by atoms with Crippen LogP contribution in [0.15, 0.2) is 0 Å². The zero-order valence-corrected chi connectivity index (χ0v) is 13.8. The van der Waals surface area contributed by atoms with Crippen LogP contribution < -0.4 is 5.32 Å². The standard InChI is InChI=1S/C16H31N3O2/c1-13(2)19-9-10-21-15(12-19)11-17-14(3)16(20)18-7-5-4-6-8-18/h13-15,17H,4-12H2,1-3H3. The van der Waals surface area contributed by atoms with Crippen LogP contribution in [0.4, 0.5) is 0 Å². The molecule has 2 unspecified atom stereocenters. The third-order valence-corrected chi connectivity index (χ3v) is 4.59. The van der Waals surface area contributed by atoms with E-state index in [0.717, 1.165) is 52.2 Å². The summed E-state index contributed by atoms with van der Waals surface area (Å²) < 4.78 is 5.80. The van der Waals surface area contributed by atoms with Gasteiger partial charge in [0.25, 0.3) is 0 Å². The first-order valence-corrected chi connectivity index (χ1v) is 8.45. The summed E-state index contributed by atoms with van der Waals surface area (Å²) in [7, 11) is 0. The average molecular weight is 297 g/mol. The van der Waals surface area contributed by atoms with E-state index in [0.29, 0.717) is 6.04 Å². The molecule has 2 aliphatic rings. The molecule has 0 aliphatic carbocycles. The monoisotopic (exact) mass is 297 g/mol. The smallest absolute Gasteiger partial charge is 0.239 e. The summed E-state index contributed by atoms with van der Waals surface area (Å²) in [5, 5.41) is 3.37. The minimum Gasteiger partial charge on any atom is -0.374 e. The lowest BCUT2D eigenvalue weighted by atomic mass is 10.1. The van der Waals surface area contributed by atoms with Gasteiger partial charge in [0, 0.05) is 38.8 Å². The molecule has 2 saturated heterocycles. The van der Waals surface area contributed by atoms with Crippen molar-refractivity contribution in [1.82, 2.24) is 15.1 Å². The molecule has 0 spiro atoms. The zero-order chi connectivity index (χ0) is 15.2. The molecule has 5 nitrogen and oxygen atoms in total. The lowest BCUT2D eigenvalue weighted by molar-refractivity contribution is -0.134. The highest BCUT2D eigenvalue weighted by Crippen LogP contribution is 2.11. The highest BCUT2D eigenvalue weighted by molar-refractivity contribution is 5.81. The number of piperidine rings is 1. The fourth-order valence-corrected chi connectivity index (χ4v) is 3.12. The number of likely N-dealkylation sites (tertiary alicyclic amines) is 1. The maximum Gasteiger partial charge on any atom is 0.239 e. The van der Waals surface area contributed by atoms with Gasteiger partial charge >= 0.3 is 0 Å². The van der Waals surface area contributed by atoms with Crippen molar-refractivity contribution in [1.29, 1.82) is 0 Å². The Balaban J connectivity index is 1.72. The van der Waals surface area contributed by atoms with E-state index in [2.05, 4.69) is 24.1 Å². The van der Waals surface area contributed by atoms with Gasteiger partial charge in [0.1, 0.15) is 0 Å².